The van der Waals surface area contributed by atoms with Gasteiger partial charge in [0.15, 0.2) is 0 Å². The fourth-order valence-electron chi connectivity index (χ4n) is 3.53. The van der Waals surface area contributed by atoms with Crippen LogP contribution in [0.3, 0.4) is 0 Å². The molecule has 32 heavy (non-hydrogen) atoms. The molecular formula is C20H22F3N5O4. The van der Waals surface area contributed by atoms with Gasteiger partial charge < -0.3 is 30.2 Å². The second kappa shape index (κ2) is 9.15. The van der Waals surface area contributed by atoms with E-state index in [9.17, 15) is 23.1 Å². The lowest BCUT2D eigenvalue weighted by Crippen LogP contribution is -2.36. The molecule has 0 spiro atoms. The number of ether oxygens (including phenoxy) is 2. The maximum Gasteiger partial charge on any atom is 0.471 e. The predicted octanol–water partition coefficient (Wildman–Crippen LogP) is 1.07. The number of carbonyl (C=O) groups excluding carboxylic acids is 1. The van der Waals surface area contributed by atoms with Crippen LogP contribution in [0.2, 0.25) is 0 Å². The quantitative estimate of drug-likeness (QED) is 0.441. The summed E-state index contributed by atoms with van der Waals surface area (Å²) >= 11 is 0. The lowest BCUT2D eigenvalue weighted by molar-refractivity contribution is -0.173. The Morgan fingerprint density at radius 3 is 2.97 bits per heavy atom. The van der Waals surface area contributed by atoms with Crippen molar-refractivity contribution in [2.24, 2.45) is 0 Å². The number of nitrogens with two attached hydrogens (primary N) is 1. The zero-order valence-electron chi connectivity index (χ0n) is 17.1. The summed E-state index contributed by atoms with van der Waals surface area (Å²) in [4.78, 5) is 19.1. The van der Waals surface area contributed by atoms with E-state index in [0.29, 0.717) is 23.0 Å². The normalized spacial score (nSPS) is 23.0. The van der Waals surface area contributed by atoms with Gasteiger partial charge in [-0.15, -0.1) is 6.58 Å². The first-order chi connectivity index (χ1) is 15.1. The van der Waals surface area contributed by atoms with Gasteiger partial charge in [-0.05, 0) is 6.92 Å². The largest absolute Gasteiger partial charge is 0.471 e. The average Bonchev–Trinajstić information content (AvgIpc) is 3.28. The first kappa shape index (κ1) is 23.5. The summed E-state index contributed by atoms with van der Waals surface area (Å²) in [5.74, 6) is 3.22. The fraction of sp³-hybridized carbons (Fsp3) is 0.450. The Labute approximate surface area is 181 Å². The maximum atomic E-state index is 12.3. The summed E-state index contributed by atoms with van der Waals surface area (Å²) in [7, 11) is 0. The highest BCUT2D eigenvalue weighted by Crippen LogP contribution is 2.39. The molecule has 3 heterocycles. The molecule has 0 bridgehead atoms. The Morgan fingerprint density at radius 2 is 2.31 bits per heavy atom. The molecule has 2 aromatic heterocycles. The van der Waals surface area contributed by atoms with Crippen molar-refractivity contribution in [1.82, 2.24) is 19.9 Å². The number of nitrogen functional groups attached to an aromatic ring is 1. The molecule has 172 valence electrons. The molecule has 0 radical (unpaired) electrons. The number of carbonyl (C=O) groups is 1. The van der Waals surface area contributed by atoms with Gasteiger partial charge >= 0.3 is 12.1 Å². The molecule has 2 aromatic rings. The third-order valence-corrected chi connectivity index (χ3v) is 4.95. The number of amides is 1. The number of aliphatic hydroxyl groups excluding tert-OH is 1. The number of rotatable bonds is 6. The molecule has 0 aromatic carbocycles. The molecule has 1 unspecified atom stereocenters. The Bertz CT molecular complexity index is 1070. The molecule has 4 N–H and O–H groups in total. The van der Waals surface area contributed by atoms with Crippen LogP contribution in [0.25, 0.3) is 11.0 Å². The van der Waals surface area contributed by atoms with E-state index in [0.717, 1.165) is 0 Å². The van der Waals surface area contributed by atoms with Gasteiger partial charge in [0.05, 0.1) is 36.8 Å². The smallest absolute Gasteiger partial charge is 0.394 e. The molecule has 0 aliphatic carbocycles. The highest BCUT2D eigenvalue weighted by atomic mass is 19.4. The van der Waals surface area contributed by atoms with Crippen LogP contribution in [-0.4, -0.2) is 63.7 Å². The van der Waals surface area contributed by atoms with Crippen molar-refractivity contribution < 1.29 is 32.5 Å². The van der Waals surface area contributed by atoms with Gasteiger partial charge in [0, 0.05) is 12.6 Å². The molecule has 12 heteroatoms. The first-order valence-corrected chi connectivity index (χ1v) is 9.57. The van der Waals surface area contributed by atoms with Crippen LogP contribution in [0.5, 0.6) is 0 Å². The number of nitrogens with zero attached hydrogens (tertiary/aromatic N) is 3. The average molecular weight is 453 g/mol. The summed E-state index contributed by atoms with van der Waals surface area (Å²) in [5.41, 5.74) is 5.76. The first-order valence-electron chi connectivity index (χ1n) is 9.57. The Morgan fingerprint density at radius 1 is 1.56 bits per heavy atom. The lowest BCUT2D eigenvalue weighted by atomic mass is 10.1. The van der Waals surface area contributed by atoms with Crippen LogP contribution < -0.4 is 11.1 Å². The molecule has 1 amide bonds. The fourth-order valence-corrected chi connectivity index (χ4v) is 3.53. The van der Waals surface area contributed by atoms with E-state index in [2.05, 4.69) is 28.4 Å². The number of alkyl halides is 3. The molecule has 3 rings (SSSR count). The van der Waals surface area contributed by atoms with Gasteiger partial charge in [-0.3, -0.25) is 4.79 Å². The van der Waals surface area contributed by atoms with Gasteiger partial charge in [0.25, 0.3) is 0 Å². The minimum absolute atomic E-state index is 0.122. The lowest BCUT2D eigenvalue weighted by Gasteiger charge is -2.26. The van der Waals surface area contributed by atoms with Crippen LogP contribution in [0, 0.1) is 11.8 Å². The van der Waals surface area contributed by atoms with Crippen molar-refractivity contribution in [3.63, 3.8) is 0 Å². The van der Waals surface area contributed by atoms with Crippen LogP contribution in [0.4, 0.5) is 19.0 Å². The maximum absolute atomic E-state index is 12.3. The number of halogens is 3. The van der Waals surface area contributed by atoms with E-state index in [4.69, 9.17) is 15.2 Å². The summed E-state index contributed by atoms with van der Waals surface area (Å²) in [6.45, 7) is 4.89. The molecule has 0 saturated carbocycles. The SMILES string of the molecule is C=CCOC1C[C@](C)(n2cc(C#CCNC(=O)C(F)(F)F)c3c(N)ncnc32)O[C@@H]1CO. The van der Waals surface area contributed by atoms with E-state index in [-0.39, 0.29) is 19.0 Å². The number of anilines is 1. The summed E-state index contributed by atoms with van der Waals surface area (Å²) in [5, 5.41) is 11.8. The highest BCUT2D eigenvalue weighted by molar-refractivity contribution is 5.92. The van der Waals surface area contributed by atoms with Gasteiger partial charge in [-0.1, -0.05) is 17.9 Å². The van der Waals surface area contributed by atoms with Crippen LogP contribution in [0.1, 0.15) is 18.9 Å². The third kappa shape index (κ3) is 4.69. The Kier molecular flexibility index (Phi) is 6.73. The van der Waals surface area contributed by atoms with Crippen molar-refractivity contribution in [1.29, 1.82) is 0 Å². The molecule has 1 aliphatic rings. The molecular weight excluding hydrogens is 431 g/mol. The van der Waals surface area contributed by atoms with Crippen molar-refractivity contribution in [2.75, 3.05) is 25.5 Å². The molecule has 9 nitrogen and oxygen atoms in total. The Hall–Kier alpha value is -3.14. The van der Waals surface area contributed by atoms with E-state index >= 15 is 0 Å². The second-order valence-corrected chi connectivity index (χ2v) is 7.23. The third-order valence-electron chi connectivity index (χ3n) is 4.95. The van der Waals surface area contributed by atoms with Gasteiger partial charge in [0.2, 0.25) is 0 Å². The van der Waals surface area contributed by atoms with Gasteiger partial charge in [0.1, 0.15) is 29.6 Å². The topological polar surface area (TPSA) is 125 Å². The van der Waals surface area contributed by atoms with Crippen LogP contribution in [0.15, 0.2) is 25.2 Å². The van der Waals surface area contributed by atoms with Crippen molar-refractivity contribution in [2.45, 2.75) is 37.5 Å². The van der Waals surface area contributed by atoms with Crippen molar-refractivity contribution >= 4 is 22.8 Å². The second-order valence-electron chi connectivity index (χ2n) is 7.23. The van der Waals surface area contributed by atoms with Crippen LogP contribution in [-0.2, 0) is 20.0 Å². The van der Waals surface area contributed by atoms with E-state index < -0.39 is 36.6 Å². The zero-order valence-corrected chi connectivity index (χ0v) is 17.1. The molecule has 1 aliphatic heterocycles. The molecule has 1 saturated heterocycles. The number of nitrogens with one attached hydrogen (secondary N) is 1. The number of aromatic nitrogens is 3. The molecule has 3 atom stereocenters. The molecule has 1 fully saturated rings. The van der Waals surface area contributed by atoms with Gasteiger partial charge in [-0.2, -0.15) is 13.2 Å². The van der Waals surface area contributed by atoms with E-state index in [1.165, 1.54) is 6.33 Å². The van der Waals surface area contributed by atoms with E-state index in [1.807, 2.05) is 0 Å². The highest BCUT2D eigenvalue weighted by Gasteiger charge is 2.46. The summed E-state index contributed by atoms with van der Waals surface area (Å²) in [6.07, 6.45) is -1.17. The number of aliphatic hydroxyl groups is 1. The standard InChI is InChI=1S/C20H22F3N5O4/c1-3-7-31-13-8-19(2,32-14(13)10-29)28-9-12(15-16(24)26-11-27-17(15)28)5-4-6-25-18(30)20(21,22)23/h3,9,11,13-14,29H,1,6-8,10H2,2H3,(H,25,30)(H2,24,26,27)/t13?,14-,19-/m1/s1. The minimum atomic E-state index is -4.99. The van der Waals surface area contributed by atoms with Crippen LogP contribution >= 0.6 is 0 Å². The van der Waals surface area contributed by atoms with E-state index in [1.54, 1.807) is 29.1 Å². The number of hydrogen-bond acceptors (Lipinski definition) is 7. The number of hydrogen-bond donors (Lipinski definition) is 3. The van der Waals surface area contributed by atoms with Crippen molar-refractivity contribution in [3.8, 4) is 11.8 Å². The Balaban J connectivity index is 1.93. The monoisotopic (exact) mass is 453 g/mol. The van der Waals surface area contributed by atoms with Crippen molar-refractivity contribution in [3.05, 3.63) is 30.7 Å². The summed E-state index contributed by atoms with van der Waals surface area (Å²) < 4.78 is 50.4. The minimum Gasteiger partial charge on any atom is -0.394 e. The summed E-state index contributed by atoms with van der Waals surface area (Å²) in [6, 6.07) is 0. The zero-order chi connectivity index (χ0) is 23.5. The number of fused-ring (bicyclic) bond motifs is 1. The predicted molar refractivity (Wildman–Crippen MR) is 108 cm³/mol. The van der Waals surface area contributed by atoms with Gasteiger partial charge in [-0.25, -0.2) is 9.97 Å².